The molecule has 11 nitrogen and oxygen atoms in total. The number of halogens is 3. The van der Waals surface area contributed by atoms with E-state index in [2.05, 4.69) is 0 Å². The number of alkyl halides is 3. The van der Waals surface area contributed by atoms with E-state index < -0.39 is 32.3 Å². The third kappa shape index (κ3) is 10.6. The highest BCUT2D eigenvalue weighted by molar-refractivity contribution is 7.86. The second-order valence-corrected chi connectivity index (χ2v) is 14.6. The first-order valence-corrected chi connectivity index (χ1v) is 18.4. The number of allylic oxidation sites excluding steroid dienone is 2. The van der Waals surface area contributed by atoms with Crippen LogP contribution in [0.25, 0.3) is 22.3 Å². The Bertz CT molecular complexity index is 2000. The standard InChI is InChI=1S/C34H38F3NO10S2/c1-21(2)15-17-38(33(39)34(35,36)37)25-12-9-23(10-13-25)26-20-29(44-5)30(32(31(26)45-6)48-50(8,42)43)24-11-14-27(46-18-16-22(3)4)28(19-24)47-49(7,40)41/h9-16,19-20H,17-18H2,1-8H3. The van der Waals surface area contributed by atoms with Crippen molar-refractivity contribution in [2.24, 2.45) is 0 Å². The van der Waals surface area contributed by atoms with Crippen molar-refractivity contribution in [2.45, 2.75) is 33.9 Å². The molecule has 0 spiro atoms. The fraction of sp³-hybridized carbons (Fsp3) is 0.324. The average molecular weight is 742 g/mol. The van der Waals surface area contributed by atoms with Crippen LogP contribution in [-0.2, 0) is 25.0 Å². The lowest BCUT2D eigenvalue weighted by Crippen LogP contribution is -2.41. The third-order valence-electron chi connectivity index (χ3n) is 6.72. The van der Waals surface area contributed by atoms with Gasteiger partial charge in [0.2, 0.25) is 0 Å². The molecule has 0 aliphatic rings. The number of hydrogen-bond acceptors (Lipinski definition) is 10. The molecular weight excluding hydrogens is 703 g/mol. The van der Waals surface area contributed by atoms with Gasteiger partial charge in [0.15, 0.2) is 23.0 Å². The first kappa shape index (κ1) is 39.7. The van der Waals surface area contributed by atoms with Crippen molar-refractivity contribution in [3.05, 3.63) is 71.8 Å². The summed E-state index contributed by atoms with van der Waals surface area (Å²) < 4.78 is 118. The lowest BCUT2D eigenvalue weighted by Gasteiger charge is -2.24. The summed E-state index contributed by atoms with van der Waals surface area (Å²) in [6, 6.07) is 11.2. The fourth-order valence-corrected chi connectivity index (χ4v) is 5.48. The van der Waals surface area contributed by atoms with E-state index in [0.29, 0.717) is 16.0 Å². The number of hydrogen-bond donors (Lipinski definition) is 0. The molecule has 0 aliphatic carbocycles. The van der Waals surface area contributed by atoms with Gasteiger partial charge in [-0.1, -0.05) is 35.4 Å². The van der Waals surface area contributed by atoms with Crippen LogP contribution < -0.4 is 27.5 Å². The highest BCUT2D eigenvalue weighted by Gasteiger charge is 2.42. The van der Waals surface area contributed by atoms with Crippen LogP contribution in [0.15, 0.2) is 71.8 Å². The van der Waals surface area contributed by atoms with Gasteiger partial charge in [0.05, 0.1) is 32.3 Å². The molecule has 0 fully saturated rings. The molecule has 3 aromatic carbocycles. The topological polar surface area (TPSA) is 135 Å². The highest BCUT2D eigenvalue weighted by Crippen LogP contribution is 2.52. The summed E-state index contributed by atoms with van der Waals surface area (Å²) in [5.41, 5.74) is 2.39. The number of carbonyl (C=O) groups is 1. The first-order chi connectivity index (χ1) is 23.1. The van der Waals surface area contributed by atoms with E-state index >= 15 is 0 Å². The molecule has 3 rings (SSSR count). The SMILES string of the molecule is COc1cc(-c2ccc(N(CC=C(C)C)C(=O)C(F)(F)F)cc2)c(OC)c(OS(C)(=O)=O)c1-c1ccc(OCC=C(C)C)c(OS(C)(=O)=O)c1. The van der Waals surface area contributed by atoms with Gasteiger partial charge in [0, 0.05) is 17.8 Å². The van der Waals surface area contributed by atoms with Crippen LogP contribution in [0.2, 0.25) is 0 Å². The Morgan fingerprint density at radius 2 is 1.32 bits per heavy atom. The second-order valence-electron chi connectivity index (χ2n) is 11.4. The number of methoxy groups -OCH3 is 2. The van der Waals surface area contributed by atoms with E-state index in [1.54, 1.807) is 19.9 Å². The molecule has 50 heavy (non-hydrogen) atoms. The molecule has 272 valence electrons. The first-order valence-electron chi connectivity index (χ1n) is 14.8. The molecule has 16 heteroatoms. The van der Waals surface area contributed by atoms with Crippen molar-refractivity contribution in [1.82, 2.24) is 0 Å². The van der Waals surface area contributed by atoms with E-state index in [1.807, 2.05) is 13.8 Å². The number of carbonyl (C=O) groups excluding carboxylic acids is 1. The number of ether oxygens (including phenoxy) is 3. The predicted molar refractivity (Wildman–Crippen MR) is 184 cm³/mol. The minimum atomic E-state index is -5.12. The zero-order valence-corrected chi connectivity index (χ0v) is 30.3. The zero-order valence-electron chi connectivity index (χ0n) is 28.7. The molecule has 0 bridgehead atoms. The summed E-state index contributed by atoms with van der Waals surface area (Å²) in [7, 11) is -5.73. The Labute approximate surface area is 290 Å². The van der Waals surface area contributed by atoms with Crippen LogP contribution in [0, 0.1) is 0 Å². The van der Waals surface area contributed by atoms with Gasteiger partial charge >= 0.3 is 32.3 Å². The molecule has 0 atom stereocenters. The van der Waals surface area contributed by atoms with Crippen LogP contribution in [0.5, 0.6) is 28.7 Å². The highest BCUT2D eigenvalue weighted by atomic mass is 32.2. The molecule has 0 aromatic heterocycles. The largest absolute Gasteiger partial charge is 0.496 e. The molecule has 1 amide bonds. The quantitative estimate of drug-likeness (QED) is 0.127. The summed E-state index contributed by atoms with van der Waals surface area (Å²) in [6.07, 6.45) is -0.222. The fourth-order valence-electron chi connectivity index (χ4n) is 4.56. The molecular formula is C34H38F3NO10S2. The Hall–Kier alpha value is -4.70. The lowest BCUT2D eigenvalue weighted by molar-refractivity contribution is -0.170. The number of amides is 1. The zero-order chi connectivity index (χ0) is 37.6. The minimum absolute atomic E-state index is 0.0352. The Kier molecular flexibility index (Phi) is 12.6. The van der Waals surface area contributed by atoms with Gasteiger partial charge in [0.1, 0.15) is 12.4 Å². The Balaban J connectivity index is 2.29. The Morgan fingerprint density at radius 1 is 0.740 bits per heavy atom. The number of nitrogens with zero attached hydrogens (tertiary/aromatic N) is 1. The summed E-state index contributed by atoms with van der Waals surface area (Å²) in [4.78, 5) is 12.9. The van der Waals surface area contributed by atoms with Gasteiger partial charge in [-0.2, -0.15) is 30.0 Å². The summed E-state index contributed by atoms with van der Waals surface area (Å²) in [6.45, 7) is 6.86. The van der Waals surface area contributed by atoms with E-state index in [0.717, 1.165) is 18.1 Å². The normalized spacial score (nSPS) is 11.7. The number of benzene rings is 3. The van der Waals surface area contributed by atoms with Crippen LogP contribution in [0.3, 0.4) is 0 Å². The van der Waals surface area contributed by atoms with Gasteiger partial charge in [0.25, 0.3) is 0 Å². The van der Waals surface area contributed by atoms with Gasteiger partial charge in [-0.05, 0) is 75.2 Å². The molecule has 0 radical (unpaired) electrons. The van der Waals surface area contributed by atoms with E-state index in [9.17, 15) is 34.8 Å². The smallest absolute Gasteiger partial charge is 0.471 e. The van der Waals surface area contributed by atoms with Crippen LogP contribution in [0.4, 0.5) is 18.9 Å². The van der Waals surface area contributed by atoms with E-state index in [-0.39, 0.29) is 64.3 Å². The maximum absolute atomic E-state index is 13.5. The van der Waals surface area contributed by atoms with Crippen LogP contribution >= 0.6 is 0 Å². The van der Waals surface area contributed by atoms with Crippen molar-refractivity contribution in [3.63, 3.8) is 0 Å². The van der Waals surface area contributed by atoms with Gasteiger partial charge in [-0.25, -0.2) is 0 Å². The van der Waals surface area contributed by atoms with Crippen molar-refractivity contribution in [3.8, 4) is 51.0 Å². The molecule has 0 saturated carbocycles. The maximum atomic E-state index is 13.5. The van der Waals surface area contributed by atoms with Crippen molar-refractivity contribution < 1.29 is 57.4 Å². The average Bonchev–Trinajstić information content (AvgIpc) is 2.99. The molecule has 3 aromatic rings. The van der Waals surface area contributed by atoms with E-state index in [4.69, 9.17) is 22.6 Å². The van der Waals surface area contributed by atoms with Crippen molar-refractivity contribution >= 4 is 31.8 Å². The maximum Gasteiger partial charge on any atom is 0.471 e. The summed E-state index contributed by atoms with van der Waals surface area (Å²) >= 11 is 0. The van der Waals surface area contributed by atoms with Crippen molar-refractivity contribution in [2.75, 3.05) is 44.8 Å². The monoisotopic (exact) mass is 741 g/mol. The molecule has 0 aliphatic heterocycles. The van der Waals surface area contributed by atoms with Gasteiger partial charge in [-0.3, -0.25) is 4.79 Å². The summed E-state index contributed by atoms with van der Waals surface area (Å²) in [5.74, 6) is -2.58. The summed E-state index contributed by atoms with van der Waals surface area (Å²) in [5, 5.41) is 0. The molecule has 0 N–H and O–H groups in total. The predicted octanol–water partition coefficient (Wildman–Crippen LogP) is 6.92. The van der Waals surface area contributed by atoms with Crippen LogP contribution in [-0.4, -0.2) is 68.8 Å². The molecule has 0 heterocycles. The van der Waals surface area contributed by atoms with Crippen LogP contribution in [0.1, 0.15) is 27.7 Å². The van der Waals surface area contributed by atoms with Gasteiger partial charge < -0.3 is 27.5 Å². The molecule has 0 saturated heterocycles. The number of anilines is 1. The third-order valence-corrected chi connectivity index (χ3v) is 7.67. The lowest BCUT2D eigenvalue weighted by atomic mass is 9.96. The van der Waals surface area contributed by atoms with E-state index in [1.165, 1.54) is 68.8 Å². The molecule has 0 unspecified atom stereocenters. The Morgan fingerprint density at radius 3 is 1.82 bits per heavy atom. The number of rotatable bonds is 14. The van der Waals surface area contributed by atoms with Gasteiger partial charge in [-0.15, -0.1) is 0 Å². The second kappa shape index (κ2) is 15.9. The minimum Gasteiger partial charge on any atom is -0.496 e. The van der Waals surface area contributed by atoms with Crippen molar-refractivity contribution in [1.29, 1.82) is 0 Å².